The summed E-state index contributed by atoms with van der Waals surface area (Å²) in [5.41, 5.74) is 1.37. The Labute approximate surface area is 134 Å². The lowest BCUT2D eigenvalue weighted by Gasteiger charge is -2.35. The second-order valence-electron chi connectivity index (χ2n) is 6.40. The van der Waals surface area contributed by atoms with Crippen molar-refractivity contribution in [3.8, 4) is 0 Å². The van der Waals surface area contributed by atoms with Gasteiger partial charge >= 0.3 is 0 Å². The fourth-order valence-corrected chi connectivity index (χ4v) is 3.71. The van der Waals surface area contributed by atoms with Crippen molar-refractivity contribution in [3.05, 3.63) is 40.9 Å². The SMILES string of the molecule is Brc1ccc2cc(N3CCCC(NC4CC4)C3)ccc2c1. The Morgan fingerprint density at radius 1 is 0.952 bits per heavy atom. The molecule has 2 aliphatic rings. The Kier molecular flexibility index (Phi) is 3.64. The molecule has 1 heterocycles. The number of benzene rings is 2. The number of anilines is 1. The van der Waals surface area contributed by atoms with Crippen LogP contribution < -0.4 is 10.2 Å². The molecule has 0 bridgehead atoms. The Balaban J connectivity index is 1.55. The van der Waals surface area contributed by atoms with Gasteiger partial charge in [0.1, 0.15) is 0 Å². The van der Waals surface area contributed by atoms with Gasteiger partial charge in [0.05, 0.1) is 0 Å². The molecule has 21 heavy (non-hydrogen) atoms. The standard InChI is InChI=1S/C18H21BrN2/c19-15-5-3-14-11-18(8-4-13(14)10-15)21-9-1-2-17(12-21)20-16-6-7-16/h3-5,8,10-11,16-17,20H,1-2,6-7,9,12H2. The van der Waals surface area contributed by atoms with E-state index in [4.69, 9.17) is 0 Å². The zero-order chi connectivity index (χ0) is 14.2. The monoisotopic (exact) mass is 344 g/mol. The molecule has 1 N–H and O–H groups in total. The van der Waals surface area contributed by atoms with Crippen molar-refractivity contribution >= 4 is 32.4 Å². The molecule has 0 radical (unpaired) electrons. The summed E-state index contributed by atoms with van der Waals surface area (Å²) >= 11 is 3.55. The fourth-order valence-electron chi connectivity index (χ4n) is 3.33. The quantitative estimate of drug-likeness (QED) is 0.891. The van der Waals surface area contributed by atoms with Crippen molar-refractivity contribution in [1.29, 1.82) is 0 Å². The molecule has 2 aromatic rings. The van der Waals surface area contributed by atoms with E-state index in [-0.39, 0.29) is 0 Å². The molecule has 1 aliphatic carbocycles. The average molecular weight is 345 g/mol. The van der Waals surface area contributed by atoms with Crippen molar-refractivity contribution in [2.75, 3.05) is 18.0 Å². The van der Waals surface area contributed by atoms with Crippen LogP contribution in [0.3, 0.4) is 0 Å². The zero-order valence-corrected chi connectivity index (χ0v) is 13.8. The number of nitrogens with one attached hydrogen (secondary N) is 1. The van der Waals surface area contributed by atoms with Gasteiger partial charge < -0.3 is 10.2 Å². The Morgan fingerprint density at radius 2 is 1.76 bits per heavy atom. The molecule has 1 aliphatic heterocycles. The summed E-state index contributed by atoms with van der Waals surface area (Å²) in [4.78, 5) is 2.55. The van der Waals surface area contributed by atoms with Crippen LogP contribution in [-0.2, 0) is 0 Å². The van der Waals surface area contributed by atoms with Crippen molar-refractivity contribution in [3.63, 3.8) is 0 Å². The number of nitrogens with zero attached hydrogens (tertiary/aromatic N) is 1. The molecule has 2 nitrogen and oxygen atoms in total. The smallest absolute Gasteiger partial charge is 0.0373 e. The molecular formula is C18H21BrN2. The van der Waals surface area contributed by atoms with E-state index in [2.05, 4.69) is 62.5 Å². The van der Waals surface area contributed by atoms with Crippen molar-refractivity contribution in [1.82, 2.24) is 5.32 Å². The highest BCUT2D eigenvalue weighted by Crippen LogP contribution is 2.28. The molecule has 4 rings (SSSR count). The summed E-state index contributed by atoms with van der Waals surface area (Å²) in [7, 11) is 0. The molecule has 1 saturated carbocycles. The third-order valence-corrected chi connectivity index (χ3v) is 5.11. The number of piperidine rings is 1. The third-order valence-electron chi connectivity index (χ3n) is 4.62. The first kappa shape index (κ1) is 13.6. The minimum atomic E-state index is 0.673. The van der Waals surface area contributed by atoms with Gasteiger partial charge in [-0.15, -0.1) is 0 Å². The topological polar surface area (TPSA) is 15.3 Å². The van der Waals surface area contributed by atoms with Crippen molar-refractivity contribution in [2.45, 2.75) is 37.8 Å². The van der Waals surface area contributed by atoms with Crippen LogP contribution in [0.4, 0.5) is 5.69 Å². The van der Waals surface area contributed by atoms with Gasteiger partial charge in [0.15, 0.2) is 0 Å². The van der Waals surface area contributed by atoms with Crippen LogP contribution in [0.1, 0.15) is 25.7 Å². The first-order valence-corrected chi connectivity index (χ1v) is 8.77. The van der Waals surface area contributed by atoms with Gasteiger partial charge in [-0.3, -0.25) is 0 Å². The third kappa shape index (κ3) is 3.09. The van der Waals surface area contributed by atoms with Gasteiger partial charge in [-0.2, -0.15) is 0 Å². The molecule has 1 unspecified atom stereocenters. The highest BCUT2D eigenvalue weighted by Gasteiger charge is 2.27. The van der Waals surface area contributed by atoms with E-state index in [1.165, 1.54) is 48.7 Å². The summed E-state index contributed by atoms with van der Waals surface area (Å²) in [6.45, 7) is 2.34. The zero-order valence-electron chi connectivity index (χ0n) is 12.2. The fraction of sp³-hybridized carbons (Fsp3) is 0.444. The maximum absolute atomic E-state index is 3.79. The molecule has 2 aromatic carbocycles. The molecule has 0 spiro atoms. The number of hydrogen-bond donors (Lipinski definition) is 1. The lowest BCUT2D eigenvalue weighted by molar-refractivity contribution is 0.420. The van der Waals surface area contributed by atoms with Gasteiger partial charge in [-0.25, -0.2) is 0 Å². The first-order valence-electron chi connectivity index (χ1n) is 7.98. The van der Waals surface area contributed by atoms with Crippen LogP contribution in [0.2, 0.25) is 0 Å². The molecule has 3 heteroatoms. The van der Waals surface area contributed by atoms with E-state index < -0.39 is 0 Å². The van der Waals surface area contributed by atoms with Crippen LogP contribution >= 0.6 is 15.9 Å². The molecular weight excluding hydrogens is 324 g/mol. The summed E-state index contributed by atoms with van der Waals surface area (Å²) in [6.07, 6.45) is 5.37. The Morgan fingerprint density at radius 3 is 2.62 bits per heavy atom. The number of hydrogen-bond acceptors (Lipinski definition) is 2. The van der Waals surface area contributed by atoms with Gasteiger partial charge in [0.2, 0.25) is 0 Å². The maximum Gasteiger partial charge on any atom is 0.0373 e. The predicted octanol–water partition coefficient (Wildman–Crippen LogP) is 4.32. The van der Waals surface area contributed by atoms with Gasteiger partial charge in [0.25, 0.3) is 0 Å². The second kappa shape index (κ2) is 5.62. The summed E-state index contributed by atoms with van der Waals surface area (Å²) in [5.74, 6) is 0. The van der Waals surface area contributed by atoms with Crippen LogP contribution in [-0.4, -0.2) is 25.2 Å². The summed E-state index contributed by atoms with van der Waals surface area (Å²) in [6, 6.07) is 14.8. The van der Waals surface area contributed by atoms with Crippen LogP contribution in [0, 0.1) is 0 Å². The van der Waals surface area contributed by atoms with E-state index in [0.29, 0.717) is 6.04 Å². The molecule has 1 saturated heterocycles. The van der Waals surface area contributed by atoms with Crippen LogP contribution in [0.5, 0.6) is 0 Å². The minimum Gasteiger partial charge on any atom is -0.370 e. The van der Waals surface area contributed by atoms with E-state index in [1.54, 1.807) is 0 Å². The van der Waals surface area contributed by atoms with Crippen molar-refractivity contribution < 1.29 is 0 Å². The minimum absolute atomic E-state index is 0.673. The molecule has 1 atom stereocenters. The lowest BCUT2D eigenvalue weighted by atomic mass is 10.0. The average Bonchev–Trinajstić information content (AvgIpc) is 3.31. The predicted molar refractivity (Wildman–Crippen MR) is 93.0 cm³/mol. The normalized spacial score (nSPS) is 22.7. The second-order valence-corrected chi connectivity index (χ2v) is 7.32. The molecule has 0 aromatic heterocycles. The van der Waals surface area contributed by atoms with Crippen LogP contribution in [0.25, 0.3) is 10.8 Å². The van der Waals surface area contributed by atoms with Gasteiger partial charge in [-0.05, 0) is 60.7 Å². The van der Waals surface area contributed by atoms with Gasteiger partial charge in [-0.1, -0.05) is 28.1 Å². The first-order chi connectivity index (χ1) is 10.3. The van der Waals surface area contributed by atoms with E-state index in [1.807, 2.05) is 0 Å². The summed E-state index contributed by atoms with van der Waals surface area (Å²) in [5, 5.41) is 6.42. The van der Waals surface area contributed by atoms with Crippen LogP contribution in [0.15, 0.2) is 40.9 Å². The van der Waals surface area contributed by atoms with E-state index in [0.717, 1.165) is 17.1 Å². The maximum atomic E-state index is 3.79. The van der Waals surface area contributed by atoms with E-state index in [9.17, 15) is 0 Å². The number of halogens is 1. The largest absolute Gasteiger partial charge is 0.370 e. The lowest BCUT2D eigenvalue weighted by Crippen LogP contribution is -2.46. The number of rotatable bonds is 3. The molecule has 2 fully saturated rings. The van der Waals surface area contributed by atoms with E-state index >= 15 is 0 Å². The molecule has 0 amide bonds. The Bertz CT molecular complexity index is 651. The summed E-state index contributed by atoms with van der Waals surface area (Å²) < 4.78 is 1.15. The molecule has 110 valence electrons. The number of fused-ring (bicyclic) bond motifs is 1. The van der Waals surface area contributed by atoms with Crippen molar-refractivity contribution in [2.24, 2.45) is 0 Å². The van der Waals surface area contributed by atoms with Gasteiger partial charge in [0, 0.05) is 35.3 Å². The Hall–Kier alpha value is -1.06. The highest BCUT2D eigenvalue weighted by molar-refractivity contribution is 9.10. The highest BCUT2D eigenvalue weighted by atomic mass is 79.9.